The predicted octanol–water partition coefficient (Wildman–Crippen LogP) is 2.12. The second-order valence-electron chi connectivity index (χ2n) is 4.85. The van der Waals surface area contributed by atoms with E-state index in [2.05, 4.69) is 0 Å². The summed E-state index contributed by atoms with van der Waals surface area (Å²) in [4.78, 5) is -0.0412. The average molecular weight is 282 g/mol. The number of benzene rings is 1. The fraction of sp³-hybridized carbons (Fsp3) is 0.462. The zero-order chi connectivity index (χ0) is 14.2. The lowest BCUT2D eigenvalue weighted by Gasteiger charge is -2.24. The number of hydrogen-bond acceptors (Lipinski definition) is 3. The molecule has 0 N–H and O–H groups in total. The molecule has 1 aromatic carbocycles. The van der Waals surface area contributed by atoms with Gasteiger partial charge in [-0.3, -0.25) is 0 Å². The van der Waals surface area contributed by atoms with Crippen LogP contribution in [0.2, 0.25) is 0 Å². The molecule has 1 aliphatic carbocycles. The summed E-state index contributed by atoms with van der Waals surface area (Å²) in [6.45, 7) is 1.87. The largest absolute Gasteiger partial charge is 0.243 e. The highest BCUT2D eigenvalue weighted by Crippen LogP contribution is 2.36. The van der Waals surface area contributed by atoms with Crippen molar-refractivity contribution in [3.05, 3.63) is 29.6 Å². The van der Waals surface area contributed by atoms with Gasteiger partial charge in [0.2, 0.25) is 10.0 Å². The molecular formula is C13H15FN2O2S. The van der Waals surface area contributed by atoms with E-state index >= 15 is 0 Å². The third-order valence-corrected chi connectivity index (χ3v) is 5.55. The molecule has 0 bridgehead atoms. The Morgan fingerprint density at radius 3 is 2.63 bits per heavy atom. The van der Waals surface area contributed by atoms with Crippen LogP contribution >= 0.6 is 0 Å². The number of sulfonamides is 1. The molecule has 0 aliphatic heterocycles. The van der Waals surface area contributed by atoms with Gasteiger partial charge in [-0.2, -0.15) is 9.57 Å². The van der Waals surface area contributed by atoms with Crippen molar-refractivity contribution >= 4 is 10.0 Å². The van der Waals surface area contributed by atoms with Crippen molar-refractivity contribution in [3.8, 4) is 6.07 Å². The minimum atomic E-state index is -3.68. The van der Waals surface area contributed by atoms with Crippen LogP contribution in [0.1, 0.15) is 25.3 Å². The van der Waals surface area contributed by atoms with Crippen LogP contribution in [0.4, 0.5) is 4.39 Å². The van der Waals surface area contributed by atoms with Crippen LogP contribution < -0.4 is 0 Å². The summed E-state index contributed by atoms with van der Waals surface area (Å²) in [5.74, 6) is -0.310. The lowest BCUT2D eigenvalue weighted by molar-refractivity contribution is 0.357. The lowest BCUT2D eigenvalue weighted by Crippen LogP contribution is -2.36. The van der Waals surface area contributed by atoms with E-state index in [1.54, 1.807) is 6.07 Å². The van der Waals surface area contributed by atoms with Gasteiger partial charge in [0.1, 0.15) is 11.9 Å². The van der Waals surface area contributed by atoms with E-state index in [0.29, 0.717) is 5.92 Å². The fourth-order valence-corrected chi connectivity index (χ4v) is 3.46. The maximum Gasteiger partial charge on any atom is 0.243 e. The highest BCUT2D eigenvalue weighted by molar-refractivity contribution is 7.89. The Kier molecular flexibility index (Phi) is 3.61. The molecule has 6 heteroatoms. The Morgan fingerprint density at radius 1 is 1.47 bits per heavy atom. The van der Waals surface area contributed by atoms with Crippen molar-refractivity contribution in [3.63, 3.8) is 0 Å². The van der Waals surface area contributed by atoms with Crippen molar-refractivity contribution < 1.29 is 12.8 Å². The first-order chi connectivity index (χ1) is 8.87. The second kappa shape index (κ2) is 4.91. The maximum atomic E-state index is 13.2. The molecule has 1 saturated carbocycles. The molecule has 0 saturated heterocycles. The van der Waals surface area contributed by atoms with E-state index in [1.165, 1.54) is 17.4 Å². The molecule has 1 aromatic rings. The third kappa shape index (κ3) is 2.62. The monoisotopic (exact) mass is 282 g/mol. The van der Waals surface area contributed by atoms with Crippen LogP contribution in [0.15, 0.2) is 23.1 Å². The van der Waals surface area contributed by atoms with Crippen LogP contribution in [0.25, 0.3) is 0 Å². The Labute approximate surface area is 112 Å². The van der Waals surface area contributed by atoms with Gasteiger partial charge in [-0.25, -0.2) is 12.8 Å². The van der Waals surface area contributed by atoms with Crippen LogP contribution in [0.5, 0.6) is 0 Å². The maximum absolute atomic E-state index is 13.2. The van der Waals surface area contributed by atoms with Crippen molar-refractivity contribution in [1.29, 1.82) is 5.26 Å². The molecule has 0 heterocycles. The zero-order valence-corrected chi connectivity index (χ0v) is 11.6. The Morgan fingerprint density at radius 2 is 2.11 bits per heavy atom. The van der Waals surface area contributed by atoms with E-state index in [0.717, 1.165) is 25.0 Å². The molecule has 1 unspecified atom stereocenters. The lowest BCUT2D eigenvalue weighted by atomic mass is 10.2. The van der Waals surface area contributed by atoms with Crippen LogP contribution in [-0.4, -0.2) is 25.8 Å². The van der Waals surface area contributed by atoms with Crippen molar-refractivity contribution in [2.75, 3.05) is 7.05 Å². The fourth-order valence-electron chi connectivity index (χ4n) is 2.01. The Bertz CT molecular complexity index is 633. The highest BCUT2D eigenvalue weighted by atomic mass is 32.2. The molecule has 0 spiro atoms. The van der Waals surface area contributed by atoms with Gasteiger partial charge in [-0.05, 0) is 43.9 Å². The molecule has 4 nitrogen and oxygen atoms in total. The minimum Gasteiger partial charge on any atom is -0.207 e. The van der Waals surface area contributed by atoms with Gasteiger partial charge in [0, 0.05) is 13.1 Å². The van der Waals surface area contributed by atoms with Gasteiger partial charge in [-0.1, -0.05) is 0 Å². The molecule has 1 fully saturated rings. The van der Waals surface area contributed by atoms with Crippen molar-refractivity contribution in [2.45, 2.75) is 30.7 Å². The normalized spacial score (nSPS) is 17.2. The smallest absolute Gasteiger partial charge is 0.207 e. The average Bonchev–Trinajstić information content (AvgIpc) is 3.21. The first-order valence-corrected chi connectivity index (χ1v) is 7.49. The van der Waals surface area contributed by atoms with Crippen LogP contribution in [0, 0.1) is 23.1 Å². The van der Waals surface area contributed by atoms with E-state index in [-0.39, 0.29) is 16.5 Å². The molecule has 102 valence electrons. The summed E-state index contributed by atoms with van der Waals surface area (Å²) in [5, 5.41) is 8.76. The number of hydrogen-bond donors (Lipinski definition) is 0. The van der Waals surface area contributed by atoms with Gasteiger partial charge in [0.25, 0.3) is 0 Å². The molecule has 0 radical (unpaired) electrons. The summed E-state index contributed by atoms with van der Waals surface area (Å²) < 4.78 is 39.3. The van der Waals surface area contributed by atoms with Crippen LogP contribution in [0.3, 0.4) is 0 Å². The molecular weight excluding hydrogens is 267 g/mol. The van der Waals surface area contributed by atoms with Gasteiger partial charge in [0.15, 0.2) is 0 Å². The summed E-state index contributed by atoms with van der Waals surface area (Å²) in [6, 6.07) is 4.87. The molecule has 1 aliphatic rings. The third-order valence-electron chi connectivity index (χ3n) is 3.61. The number of rotatable bonds is 4. The molecule has 19 heavy (non-hydrogen) atoms. The number of nitriles is 1. The van der Waals surface area contributed by atoms with Gasteiger partial charge >= 0.3 is 0 Å². The Balaban J connectivity index is 2.36. The summed E-state index contributed by atoms with van der Waals surface area (Å²) in [7, 11) is -2.16. The van der Waals surface area contributed by atoms with E-state index < -0.39 is 15.8 Å². The topological polar surface area (TPSA) is 61.2 Å². The number of nitrogens with zero attached hydrogens (tertiary/aromatic N) is 2. The van der Waals surface area contributed by atoms with E-state index in [9.17, 15) is 12.8 Å². The first kappa shape index (κ1) is 14.0. The van der Waals surface area contributed by atoms with E-state index in [1.807, 2.05) is 6.92 Å². The number of halogens is 1. The van der Waals surface area contributed by atoms with E-state index in [4.69, 9.17) is 5.26 Å². The van der Waals surface area contributed by atoms with Crippen LogP contribution in [-0.2, 0) is 10.0 Å². The standard InChI is InChI=1S/C13H15FN2O2S/c1-9(10-3-4-10)16(2)19(17,18)12-5-6-13(14)11(7-12)8-15/h5-7,9-10H,3-4H2,1-2H3. The van der Waals surface area contributed by atoms with Gasteiger partial charge in [0.05, 0.1) is 10.5 Å². The summed E-state index contributed by atoms with van der Waals surface area (Å²) >= 11 is 0. The predicted molar refractivity (Wildman–Crippen MR) is 68.2 cm³/mol. The second-order valence-corrected chi connectivity index (χ2v) is 6.85. The van der Waals surface area contributed by atoms with Gasteiger partial charge in [-0.15, -0.1) is 0 Å². The first-order valence-electron chi connectivity index (χ1n) is 6.05. The minimum absolute atomic E-state index is 0.0412. The van der Waals surface area contributed by atoms with Crippen molar-refractivity contribution in [2.24, 2.45) is 5.92 Å². The quantitative estimate of drug-likeness (QED) is 0.849. The zero-order valence-electron chi connectivity index (χ0n) is 10.8. The highest BCUT2D eigenvalue weighted by Gasteiger charge is 2.36. The van der Waals surface area contributed by atoms with Crippen molar-refractivity contribution in [1.82, 2.24) is 4.31 Å². The summed E-state index contributed by atoms with van der Waals surface area (Å²) in [5.41, 5.74) is -0.256. The van der Waals surface area contributed by atoms with Gasteiger partial charge < -0.3 is 0 Å². The molecule has 0 amide bonds. The molecule has 0 aromatic heterocycles. The SMILES string of the molecule is CC(C1CC1)N(C)S(=O)(=O)c1ccc(F)c(C#N)c1. The Hall–Kier alpha value is -1.45. The summed E-state index contributed by atoms with van der Waals surface area (Å²) in [6.07, 6.45) is 2.07. The molecule has 2 rings (SSSR count). The molecule has 1 atom stereocenters.